The van der Waals surface area contributed by atoms with Crippen LogP contribution in [0.2, 0.25) is 0 Å². The van der Waals surface area contributed by atoms with Crippen LogP contribution < -0.4 is 4.74 Å². The van der Waals surface area contributed by atoms with Gasteiger partial charge in [-0.05, 0) is 6.07 Å². The van der Waals surface area contributed by atoms with Crippen LogP contribution in [-0.2, 0) is 9.05 Å². The highest BCUT2D eigenvalue weighted by Crippen LogP contribution is 2.28. The molecule has 0 radical (unpaired) electrons. The van der Waals surface area contributed by atoms with Gasteiger partial charge >= 0.3 is 0 Å². The first kappa shape index (κ1) is 12.1. The second kappa shape index (κ2) is 4.28. The lowest BCUT2D eigenvalue weighted by Gasteiger charge is -2.06. The first-order valence-corrected chi connectivity index (χ1v) is 5.95. The van der Waals surface area contributed by atoms with Gasteiger partial charge in [-0.15, -0.1) is 0 Å². The Morgan fingerprint density at radius 1 is 1.47 bits per heavy atom. The zero-order valence-electron chi connectivity index (χ0n) is 7.45. The normalized spacial score (nSPS) is 11.8. The maximum absolute atomic E-state index is 12.4. The fourth-order valence-electron chi connectivity index (χ4n) is 0.920. The molecule has 0 saturated carbocycles. The van der Waals surface area contributed by atoms with Crippen LogP contribution in [0.3, 0.4) is 0 Å². The third-order valence-electron chi connectivity index (χ3n) is 1.54. The Morgan fingerprint density at radius 2 is 2.07 bits per heavy atom. The van der Waals surface area contributed by atoms with Crippen molar-refractivity contribution >= 4 is 19.7 Å². The lowest BCUT2D eigenvalue weighted by atomic mass is 10.3. The molecule has 1 aromatic heterocycles. The fourth-order valence-corrected chi connectivity index (χ4v) is 1.93. The molecule has 0 bridgehead atoms. The van der Waals surface area contributed by atoms with Crippen LogP contribution in [0, 0.1) is 0 Å². The lowest BCUT2D eigenvalue weighted by Crippen LogP contribution is -2.03. The molecule has 0 aliphatic heterocycles. The summed E-state index contributed by atoms with van der Waals surface area (Å²) < 4.78 is 51.3. The van der Waals surface area contributed by atoms with Crippen LogP contribution in [0.25, 0.3) is 0 Å². The van der Waals surface area contributed by atoms with Gasteiger partial charge in [-0.25, -0.2) is 22.2 Å². The Bertz CT molecular complexity index is 463. The van der Waals surface area contributed by atoms with Crippen LogP contribution in [-0.4, -0.2) is 20.5 Å². The van der Waals surface area contributed by atoms with Crippen LogP contribution in [0.4, 0.5) is 8.78 Å². The largest absolute Gasteiger partial charge is 0.481 e. The molecule has 4 nitrogen and oxygen atoms in total. The summed E-state index contributed by atoms with van der Waals surface area (Å²) in [6, 6.07) is 2.07. The zero-order chi connectivity index (χ0) is 11.6. The van der Waals surface area contributed by atoms with E-state index < -0.39 is 26.1 Å². The minimum atomic E-state index is -4.23. The van der Waals surface area contributed by atoms with Crippen LogP contribution in [0.5, 0.6) is 5.88 Å². The van der Waals surface area contributed by atoms with E-state index in [4.69, 9.17) is 10.7 Å². The Kier molecular flexibility index (Phi) is 3.46. The molecule has 1 rings (SSSR count). The summed E-state index contributed by atoms with van der Waals surface area (Å²) in [6.45, 7) is 0. The van der Waals surface area contributed by atoms with E-state index in [9.17, 15) is 17.2 Å². The number of methoxy groups -OCH3 is 1. The summed E-state index contributed by atoms with van der Waals surface area (Å²) in [7, 11) is 1.96. The van der Waals surface area contributed by atoms with E-state index in [0.717, 1.165) is 12.1 Å². The molecule has 84 valence electrons. The quantitative estimate of drug-likeness (QED) is 0.777. The first-order valence-electron chi connectivity index (χ1n) is 3.64. The average molecular weight is 258 g/mol. The van der Waals surface area contributed by atoms with Gasteiger partial charge in [0.1, 0.15) is 10.6 Å². The number of pyridine rings is 1. The van der Waals surface area contributed by atoms with E-state index in [1.165, 1.54) is 7.11 Å². The van der Waals surface area contributed by atoms with E-state index in [1.807, 2.05) is 0 Å². The maximum atomic E-state index is 12.4. The van der Waals surface area contributed by atoms with E-state index in [1.54, 1.807) is 0 Å². The number of ether oxygens (including phenoxy) is 1. The molecule has 0 atom stereocenters. The standard InChI is InChI=1S/C7H6ClF2NO3S/c1-14-5-3-2-4(15(8,12)13)6(11-5)7(9)10/h2-3,7H,1H3. The smallest absolute Gasteiger partial charge is 0.281 e. The summed E-state index contributed by atoms with van der Waals surface area (Å²) in [5.74, 6) is -0.102. The van der Waals surface area contributed by atoms with Crippen molar-refractivity contribution < 1.29 is 21.9 Å². The van der Waals surface area contributed by atoms with Gasteiger partial charge in [-0.1, -0.05) is 0 Å². The van der Waals surface area contributed by atoms with Gasteiger partial charge in [-0.2, -0.15) is 0 Å². The topological polar surface area (TPSA) is 56.3 Å². The van der Waals surface area contributed by atoms with Crippen LogP contribution >= 0.6 is 10.7 Å². The number of hydrogen-bond acceptors (Lipinski definition) is 4. The number of hydrogen-bond donors (Lipinski definition) is 0. The van der Waals surface area contributed by atoms with Gasteiger partial charge in [0.05, 0.1) is 7.11 Å². The SMILES string of the molecule is COc1ccc(S(=O)(=O)Cl)c(C(F)F)n1. The first-order chi connectivity index (χ1) is 6.86. The molecule has 0 amide bonds. The minimum absolute atomic E-state index is 0.102. The molecule has 8 heteroatoms. The molecule has 0 unspecified atom stereocenters. The highest BCUT2D eigenvalue weighted by atomic mass is 35.7. The Hall–Kier alpha value is -0.950. The van der Waals surface area contributed by atoms with Crippen molar-refractivity contribution in [1.82, 2.24) is 4.98 Å². The van der Waals surface area contributed by atoms with Crippen molar-refractivity contribution in [3.8, 4) is 5.88 Å². The monoisotopic (exact) mass is 257 g/mol. The molecular weight excluding hydrogens is 252 g/mol. The van der Waals surface area contributed by atoms with Gasteiger partial charge in [-0.3, -0.25) is 0 Å². The number of aromatic nitrogens is 1. The number of rotatable bonds is 3. The molecule has 0 N–H and O–H groups in total. The molecule has 0 aromatic carbocycles. The summed E-state index contributed by atoms with van der Waals surface area (Å²) in [6.07, 6.45) is -3.04. The highest BCUT2D eigenvalue weighted by molar-refractivity contribution is 8.13. The lowest BCUT2D eigenvalue weighted by molar-refractivity contribution is 0.141. The molecule has 0 saturated heterocycles. The van der Waals surface area contributed by atoms with Gasteiger partial charge < -0.3 is 4.74 Å². The van der Waals surface area contributed by atoms with Crippen LogP contribution in [0.1, 0.15) is 12.1 Å². The van der Waals surface area contributed by atoms with Crippen LogP contribution in [0.15, 0.2) is 17.0 Å². The fraction of sp³-hybridized carbons (Fsp3) is 0.286. The minimum Gasteiger partial charge on any atom is -0.481 e. The molecule has 0 spiro atoms. The van der Waals surface area contributed by atoms with Gasteiger partial charge in [0.25, 0.3) is 15.5 Å². The average Bonchev–Trinajstić information content (AvgIpc) is 2.15. The number of nitrogens with zero attached hydrogens (tertiary/aromatic N) is 1. The van der Waals surface area contributed by atoms with E-state index >= 15 is 0 Å². The summed E-state index contributed by atoms with van der Waals surface area (Å²) in [5, 5.41) is 0. The predicted octanol–water partition coefficient (Wildman–Crippen LogP) is 1.96. The zero-order valence-corrected chi connectivity index (χ0v) is 9.02. The third-order valence-corrected chi connectivity index (χ3v) is 2.91. The van der Waals surface area contributed by atoms with E-state index in [-0.39, 0.29) is 5.88 Å². The number of alkyl halides is 2. The van der Waals surface area contributed by atoms with Crippen molar-refractivity contribution in [3.05, 3.63) is 17.8 Å². The Morgan fingerprint density at radius 3 is 2.47 bits per heavy atom. The summed E-state index contributed by atoms with van der Waals surface area (Å²) in [5.41, 5.74) is -0.913. The number of halogens is 3. The van der Waals surface area contributed by atoms with Crippen molar-refractivity contribution in [2.75, 3.05) is 7.11 Å². The molecule has 15 heavy (non-hydrogen) atoms. The highest BCUT2D eigenvalue weighted by Gasteiger charge is 2.23. The molecule has 1 aromatic rings. The third kappa shape index (κ3) is 2.75. The van der Waals surface area contributed by atoms with Crippen molar-refractivity contribution in [2.24, 2.45) is 0 Å². The molecular formula is C7H6ClF2NO3S. The molecule has 0 fully saturated rings. The predicted molar refractivity (Wildman–Crippen MR) is 48.8 cm³/mol. The molecule has 0 aliphatic rings. The second-order valence-corrected chi connectivity index (χ2v) is 5.01. The van der Waals surface area contributed by atoms with Gasteiger partial charge in [0, 0.05) is 16.7 Å². The van der Waals surface area contributed by atoms with Crippen molar-refractivity contribution in [1.29, 1.82) is 0 Å². The second-order valence-electron chi connectivity index (χ2n) is 2.48. The maximum Gasteiger partial charge on any atom is 0.281 e. The van der Waals surface area contributed by atoms with Crippen molar-refractivity contribution in [3.63, 3.8) is 0 Å². The van der Waals surface area contributed by atoms with Gasteiger partial charge in [0.15, 0.2) is 0 Å². The summed E-state index contributed by atoms with van der Waals surface area (Å²) in [4.78, 5) is 2.61. The Balaban J connectivity index is 3.41. The Labute approximate surface area is 89.3 Å². The molecule has 1 heterocycles. The van der Waals surface area contributed by atoms with E-state index in [2.05, 4.69) is 9.72 Å². The summed E-state index contributed by atoms with van der Waals surface area (Å²) >= 11 is 0. The van der Waals surface area contributed by atoms with E-state index in [0.29, 0.717) is 0 Å². The van der Waals surface area contributed by atoms with Crippen molar-refractivity contribution in [2.45, 2.75) is 11.3 Å². The molecule has 0 aliphatic carbocycles. The van der Waals surface area contributed by atoms with Gasteiger partial charge in [0.2, 0.25) is 5.88 Å².